The number of hydrogen-bond donors (Lipinski definition) is 1. The lowest BCUT2D eigenvalue weighted by Gasteiger charge is -2.09. The lowest BCUT2D eigenvalue weighted by Crippen LogP contribution is -2.13. The maximum Gasteiger partial charge on any atom is 0.277 e. The first-order valence-electron chi connectivity index (χ1n) is 7.74. The predicted molar refractivity (Wildman–Crippen MR) is 92.2 cm³/mol. The molecule has 24 heavy (non-hydrogen) atoms. The van der Waals surface area contributed by atoms with E-state index in [1.54, 1.807) is 18.2 Å². The third kappa shape index (κ3) is 3.46. The molecule has 0 spiro atoms. The Bertz CT molecular complexity index is 838. The summed E-state index contributed by atoms with van der Waals surface area (Å²) in [4.78, 5) is 12.4. The maximum atomic E-state index is 12.4. The first kappa shape index (κ1) is 15.8. The second-order valence-corrected chi connectivity index (χ2v) is 5.33. The highest BCUT2D eigenvalue weighted by Crippen LogP contribution is 2.25. The van der Waals surface area contributed by atoms with Crippen LogP contribution >= 0.6 is 0 Å². The van der Waals surface area contributed by atoms with E-state index in [0.29, 0.717) is 23.8 Å². The molecule has 1 heterocycles. The first-order chi connectivity index (χ1) is 11.7. The fourth-order valence-electron chi connectivity index (χ4n) is 2.27. The molecule has 5 heteroatoms. The van der Waals surface area contributed by atoms with Crippen LogP contribution in [0.25, 0.3) is 11.3 Å². The van der Waals surface area contributed by atoms with Gasteiger partial charge in [-0.2, -0.15) is 0 Å². The van der Waals surface area contributed by atoms with Gasteiger partial charge in [-0.15, -0.1) is 0 Å². The Morgan fingerprint density at radius 2 is 1.92 bits per heavy atom. The second kappa shape index (κ2) is 7.00. The van der Waals surface area contributed by atoms with Gasteiger partial charge >= 0.3 is 0 Å². The number of amides is 1. The highest BCUT2D eigenvalue weighted by molar-refractivity contribution is 6.04. The Morgan fingerprint density at radius 1 is 1.17 bits per heavy atom. The van der Waals surface area contributed by atoms with Gasteiger partial charge in [-0.25, -0.2) is 0 Å². The molecule has 0 saturated heterocycles. The van der Waals surface area contributed by atoms with E-state index in [4.69, 9.17) is 9.26 Å². The van der Waals surface area contributed by atoms with Gasteiger partial charge in [0.15, 0.2) is 11.5 Å². The smallest absolute Gasteiger partial charge is 0.277 e. The van der Waals surface area contributed by atoms with Crippen molar-refractivity contribution in [3.63, 3.8) is 0 Å². The quantitative estimate of drug-likeness (QED) is 0.760. The lowest BCUT2D eigenvalue weighted by atomic mass is 10.1. The van der Waals surface area contributed by atoms with Gasteiger partial charge < -0.3 is 14.6 Å². The SMILES string of the molecule is CCOc1ccccc1NC(=O)c1cc(-c2ccc(C)cc2)on1. The van der Waals surface area contributed by atoms with Crippen LogP contribution in [0.1, 0.15) is 23.0 Å². The molecule has 1 amide bonds. The van der Waals surface area contributed by atoms with E-state index in [2.05, 4.69) is 10.5 Å². The van der Waals surface area contributed by atoms with Gasteiger partial charge in [0.2, 0.25) is 0 Å². The Hall–Kier alpha value is -3.08. The predicted octanol–water partition coefficient (Wildman–Crippen LogP) is 4.30. The van der Waals surface area contributed by atoms with Crippen LogP contribution in [-0.2, 0) is 0 Å². The largest absolute Gasteiger partial charge is 0.492 e. The molecule has 1 aromatic heterocycles. The minimum atomic E-state index is -0.343. The summed E-state index contributed by atoms with van der Waals surface area (Å²) in [6.45, 7) is 4.43. The van der Waals surface area contributed by atoms with E-state index in [1.165, 1.54) is 0 Å². The Labute approximate surface area is 140 Å². The van der Waals surface area contributed by atoms with Gasteiger partial charge in [0.1, 0.15) is 5.75 Å². The van der Waals surface area contributed by atoms with E-state index in [-0.39, 0.29) is 11.6 Å². The number of ether oxygens (including phenoxy) is 1. The molecule has 2 aromatic carbocycles. The highest BCUT2D eigenvalue weighted by atomic mass is 16.5. The van der Waals surface area contributed by atoms with Crippen LogP contribution in [0, 0.1) is 6.92 Å². The van der Waals surface area contributed by atoms with Gasteiger partial charge in [0.25, 0.3) is 5.91 Å². The zero-order valence-corrected chi connectivity index (χ0v) is 13.6. The van der Waals surface area contributed by atoms with Crippen molar-refractivity contribution < 1.29 is 14.1 Å². The van der Waals surface area contributed by atoms with Crippen LogP contribution in [-0.4, -0.2) is 17.7 Å². The van der Waals surface area contributed by atoms with Crippen molar-refractivity contribution in [3.8, 4) is 17.1 Å². The lowest BCUT2D eigenvalue weighted by molar-refractivity contribution is 0.101. The number of nitrogens with zero attached hydrogens (tertiary/aromatic N) is 1. The van der Waals surface area contributed by atoms with E-state index >= 15 is 0 Å². The Balaban J connectivity index is 1.78. The summed E-state index contributed by atoms with van der Waals surface area (Å²) in [5, 5.41) is 6.66. The molecule has 0 aliphatic rings. The summed E-state index contributed by atoms with van der Waals surface area (Å²) in [5.74, 6) is 0.832. The standard InChI is InChI=1S/C19H18N2O3/c1-3-23-17-7-5-4-6-15(17)20-19(22)16-12-18(24-21-16)14-10-8-13(2)9-11-14/h4-12H,3H2,1-2H3,(H,20,22). The van der Waals surface area contributed by atoms with Crippen molar-refractivity contribution in [2.45, 2.75) is 13.8 Å². The summed E-state index contributed by atoms with van der Waals surface area (Å²) in [5.41, 5.74) is 2.85. The van der Waals surface area contributed by atoms with Gasteiger partial charge in [-0.3, -0.25) is 4.79 Å². The molecule has 0 saturated carbocycles. The summed E-state index contributed by atoms with van der Waals surface area (Å²) in [7, 11) is 0. The maximum absolute atomic E-state index is 12.4. The van der Waals surface area contributed by atoms with Gasteiger partial charge in [0.05, 0.1) is 12.3 Å². The molecule has 5 nitrogen and oxygen atoms in total. The molecule has 122 valence electrons. The molecule has 3 rings (SSSR count). The van der Waals surface area contributed by atoms with Crippen LogP contribution in [0.15, 0.2) is 59.1 Å². The number of benzene rings is 2. The zero-order chi connectivity index (χ0) is 16.9. The second-order valence-electron chi connectivity index (χ2n) is 5.33. The molecule has 0 atom stereocenters. The van der Waals surface area contributed by atoms with Gasteiger partial charge in [0, 0.05) is 11.6 Å². The summed E-state index contributed by atoms with van der Waals surface area (Å²) in [6, 6.07) is 16.7. The van der Waals surface area contributed by atoms with Gasteiger partial charge in [-0.1, -0.05) is 47.1 Å². The number of para-hydroxylation sites is 2. The van der Waals surface area contributed by atoms with Crippen LogP contribution in [0.5, 0.6) is 5.75 Å². The van der Waals surface area contributed by atoms with Crippen LogP contribution in [0.2, 0.25) is 0 Å². The highest BCUT2D eigenvalue weighted by Gasteiger charge is 2.15. The number of carbonyl (C=O) groups excluding carboxylic acids is 1. The molecule has 0 unspecified atom stereocenters. The molecule has 3 aromatic rings. The topological polar surface area (TPSA) is 64.4 Å². The fourth-order valence-corrected chi connectivity index (χ4v) is 2.27. The van der Waals surface area contributed by atoms with Crippen LogP contribution in [0.3, 0.4) is 0 Å². The molecule has 1 N–H and O–H groups in total. The van der Waals surface area contributed by atoms with Crippen molar-refractivity contribution in [2.24, 2.45) is 0 Å². The number of nitrogens with one attached hydrogen (secondary N) is 1. The number of aryl methyl sites for hydroxylation is 1. The van der Waals surface area contributed by atoms with E-state index in [0.717, 1.165) is 11.1 Å². The van der Waals surface area contributed by atoms with Crippen molar-refractivity contribution in [1.29, 1.82) is 0 Å². The van der Waals surface area contributed by atoms with Crippen molar-refractivity contribution in [3.05, 3.63) is 65.9 Å². The number of carbonyl (C=O) groups is 1. The van der Waals surface area contributed by atoms with E-state index in [9.17, 15) is 4.79 Å². The Morgan fingerprint density at radius 3 is 2.67 bits per heavy atom. The average Bonchev–Trinajstić information content (AvgIpc) is 3.08. The number of hydrogen-bond acceptors (Lipinski definition) is 4. The van der Waals surface area contributed by atoms with Gasteiger partial charge in [-0.05, 0) is 26.0 Å². The minimum Gasteiger partial charge on any atom is -0.492 e. The third-order valence-electron chi connectivity index (χ3n) is 3.51. The number of aromatic nitrogens is 1. The van der Waals surface area contributed by atoms with E-state index < -0.39 is 0 Å². The number of rotatable bonds is 5. The molecular formula is C19H18N2O3. The van der Waals surface area contributed by atoms with E-state index in [1.807, 2.05) is 50.2 Å². The molecule has 0 radical (unpaired) electrons. The normalized spacial score (nSPS) is 10.4. The molecular weight excluding hydrogens is 304 g/mol. The third-order valence-corrected chi connectivity index (χ3v) is 3.51. The molecule has 0 fully saturated rings. The molecule has 0 aliphatic carbocycles. The monoisotopic (exact) mass is 322 g/mol. The summed E-state index contributed by atoms with van der Waals surface area (Å²) >= 11 is 0. The van der Waals surface area contributed by atoms with Crippen molar-refractivity contribution >= 4 is 11.6 Å². The Kier molecular flexibility index (Phi) is 4.61. The molecule has 0 aliphatic heterocycles. The summed E-state index contributed by atoms with van der Waals surface area (Å²) < 4.78 is 10.8. The van der Waals surface area contributed by atoms with Crippen LogP contribution < -0.4 is 10.1 Å². The summed E-state index contributed by atoms with van der Waals surface area (Å²) in [6.07, 6.45) is 0. The average molecular weight is 322 g/mol. The van der Waals surface area contributed by atoms with Crippen LogP contribution in [0.4, 0.5) is 5.69 Å². The molecule has 0 bridgehead atoms. The number of anilines is 1. The minimum absolute atomic E-state index is 0.219. The first-order valence-corrected chi connectivity index (χ1v) is 7.74. The fraction of sp³-hybridized carbons (Fsp3) is 0.158. The van der Waals surface area contributed by atoms with Crippen molar-refractivity contribution in [1.82, 2.24) is 5.16 Å². The zero-order valence-electron chi connectivity index (χ0n) is 13.6. The van der Waals surface area contributed by atoms with Crippen molar-refractivity contribution in [2.75, 3.05) is 11.9 Å².